The molecule has 21 heavy (non-hydrogen) atoms. The zero-order valence-corrected chi connectivity index (χ0v) is 13.2. The SMILES string of the molecule is c1cncc(C2SCC(Cc3c[nH]c4ccccc34)S2)c1. The lowest BCUT2D eigenvalue weighted by atomic mass is 10.1. The summed E-state index contributed by atoms with van der Waals surface area (Å²) in [6.45, 7) is 0. The largest absolute Gasteiger partial charge is 0.361 e. The van der Waals surface area contributed by atoms with E-state index in [1.54, 1.807) is 0 Å². The highest BCUT2D eigenvalue weighted by Gasteiger charge is 2.27. The number of fused-ring (bicyclic) bond motifs is 1. The number of aromatic amines is 1. The van der Waals surface area contributed by atoms with Crippen molar-refractivity contribution in [2.75, 3.05) is 5.75 Å². The predicted molar refractivity (Wildman–Crippen MR) is 92.8 cm³/mol. The number of hydrogen-bond acceptors (Lipinski definition) is 3. The number of hydrogen-bond donors (Lipinski definition) is 1. The molecule has 0 bridgehead atoms. The van der Waals surface area contributed by atoms with Crippen molar-refractivity contribution in [3.63, 3.8) is 0 Å². The fourth-order valence-corrected chi connectivity index (χ4v) is 6.12. The normalized spacial score (nSPS) is 21.9. The molecule has 2 nitrogen and oxygen atoms in total. The molecule has 4 heteroatoms. The van der Waals surface area contributed by atoms with Crippen molar-refractivity contribution >= 4 is 34.4 Å². The average Bonchev–Trinajstić information content (AvgIpc) is 3.17. The van der Waals surface area contributed by atoms with E-state index in [-0.39, 0.29) is 0 Å². The molecule has 1 saturated heterocycles. The third-order valence-electron chi connectivity index (χ3n) is 3.83. The van der Waals surface area contributed by atoms with Crippen LogP contribution in [0.1, 0.15) is 15.7 Å². The molecule has 106 valence electrons. The maximum Gasteiger partial charge on any atom is 0.0769 e. The van der Waals surface area contributed by atoms with Gasteiger partial charge in [-0.3, -0.25) is 4.98 Å². The van der Waals surface area contributed by atoms with E-state index >= 15 is 0 Å². The molecule has 3 aromatic rings. The first-order chi connectivity index (χ1) is 10.4. The molecular weight excluding hydrogens is 296 g/mol. The van der Waals surface area contributed by atoms with E-state index in [9.17, 15) is 0 Å². The molecule has 2 unspecified atom stereocenters. The number of thioether (sulfide) groups is 2. The van der Waals surface area contributed by atoms with Gasteiger partial charge in [0.1, 0.15) is 0 Å². The van der Waals surface area contributed by atoms with Crippen molar-refractivity contribution in [2.24, 2.45) is 0 Å². The Balaban J connectivity index is 1.49. The predicted octanol–water partition coefficient (Wildman–Crippen LogP) is 4.65. The monoisotopic (exact) mass is 312 g/mol. The van der Waals surface area contributed by atoms with E-state index in [4.69, 9.17) is 0 Å². The van der Waals surface area contributed by atoms with Crippen LogP contribution in [0.5, 0.6) is 0 Å². The Labute approximate surface area is 132 Å². The van der Waals surface area contributed by atoms with Crippen LogP contribution in [0.4, 0.5) is 0 Å². The zero-order valence-electron chi connectivity index (χ0n) is 11.5. The molecule has 1 N–H and O–H groups in total. The first kappa shape index (κ1) is 13.3. The van der Waals surface area contributed by atoms with Crippen molar-refractivity contribution in [1.29, 1.82) is 0 Å². The summed E-state index contributed by atoms with van der Waals surface area (Å²) < 4.78 is 0.536. The second kappa shape index (κ2) is 5.78. The molecule has 1 aromatic carbocycles. The van der Waals surface area contributed by atoms with E-state index in [1.165, 1.54) is 27.8 Å². The lowest BCUT2D eigenvalue weighted by Crippen LogP contribution is -2.04. The third kappa shape index (κ3) is 2.70. The van der Waals surface area contributed by atoms with Gasteiger partial charge in [-0.1, -0.05) is 24.3 Å². The Morgan fingerprint density at radius 3 is 3.05 bits per heavy atom. The van der Waals surface area contributed by atoms with Gasteiger partial charge in [-0.2, -0.15) is 0 Å². The number of nitrogens with one attached hydrogen (secondary N) is 1. The van der Waals surface area contributed by atoms with Crippen LogP contribution in [0.15, 0.2) is 55.0 Å². The molecule has 1 fully saturated rings. The van der Waals surface area contributed by atoms with Crippen LogP contribution in [0.3, 0.4) is 0 Å². The fourth-order valence-electron chi connectivity index (χ4n) is 2.79. The minimum Gasteiger partial charge on any atom is -0.361 e. The van der Waals surface area contributed by atoms with E-state index in [0.717, 1.165) is 6.42 Å². The number of benzene rings is 1. The summed E-state index contributed by atoms with van der Waals surface area (Å²) in [5, 5.41) is 2.05. The smallest absolute Gasteiger partial charge is 0.0769 e. The summed E-state index contributed by atoms with van der Waals surface area (Å²) in [7, 11) is 0. The Morgan fingerprint density at radius 1 is 1.19 bits per heavy atom. The summed E-state index contributed by atoms with van der Waals surface area (Å²) in [6.07, 6.45) is 7.15. The quantitative estimate of drug-likeness (QED) is 0.763. The molecule has 0 amide bonds. The molecule has 0 radical (unpaired) electrons. The topological polar surface area (TPSA) is 28.7 Å². The summed E-state index contributed by atoms with van der Waals surface area (Å²) in [6, 6.07) is 12.8. The molecular formula is C17H16N2S2. The first-order valence-corrected chi connectivity index (χ1v) is 9.11. The maximum atomic E-state index is 4.24. The fraction of sp³-hybridized carbons (Fsp3) is 0.235. The Morgan fingerprint density at radius 2 is 2.14 bits per heavy atom. The molecule has 1 aliphatic heterocycles. The average molecular weight is 312 g/mol. The van der Waals surface area contributed by atoms with Crippen molar-refractivity contribution in [3.05, 3.63) is 66.1 Å². The Bertz CT molecular complexity index is 739. The molecule has 2 aromatic heterocycles. The van der Waals surface area contributed by atoms with Crippen LogP contribution in [-0.4, -0.2) is 21.0 Å². The van der Waals surface area contributed by atoms with Gasteiger partial charge in [-0.05, 0) is 29.7 Å². The molecule has 4 rings (SSSR count). The summed E-state index contributed by atoms with van der Waals surface area (Å²) in [5.41, 5.74) is 4.02. The number of H-pyrrole nitrogens is 1. The van der Waals surface area contributed by atoms with Gasteiger partial charge in [0.2, 0.25) is 0 Å². The van der Waals surface area contributed by atoms with Gasteiger partial charge in [-0.25, -0.2) is 0 Å². The van der Waals surface area contributed by atoms with Gasteiger partial charge >= 0.3 is 0 Å². The van der Waals surface area contributed by atoms with Crippen LogP contribution in [0.2, 0.25) is 0 Å². The zero-order chi connectivity index (χ0) is 14.1. The summed E-state index contributed by atoms with van der Waals surface area (Å²) in [4.78, 5) is 7.62. The van der Waals surface area contributed by atoms with E-state index in [1.807, 2.05) is 30.2 Å². The summed E-state index contributed by atoms with van der Waals surface area (Å²) in [5.74, 6) is 1.21. The lowest BCUT2D eigenvalue weighted by Gasteiger charge is -2.10. The third-order valence-corrected chi connectivity index (χ3v) is 7.19. The maximum absolute atomic E-state index is 4.24. The second-order valence-electron chi connectivity index (χ2n) is 5.27. The lowest BCUT2D eigenvalue weighted by molar-refractivity contribution is 0.971. The van der Waals surface area contributed by atoms with Crippen molar-refractivity contribution in [1.82, 2.24) is 9.97 Å². The summed E-state index contributed by atoms with van der Waals surface area (Å²) >= 11 is 4.12. The molecule has 0 aliphatic carbocycles. The highest BCUT2D eigenvalue weighted by atomic mass is 32.2. The Kier molecular flexibility index (Phi) is 3.65. The van der Waals surface area contributed by atoms with Crippen LogP contribution in [-0.2, 0) is 6.42 Å². The van der Waals surface area contributed by atoms with Crippen LogP contribution in [0.25, 0.3) is 10.9 Å². The number of rotatable bonds is 3. The van der Waals surface area contributed by atoms with Gasteiger partial charge in [-0.15, -0.1) is 23.5 Å². The van der Waals surface area contributed by atoms with Crippen molar-refractivity contribution in [2.45, 2.75) is 16.3 Å². The Hall–Kier alpha value is -1.39. The van der Waals surface area contributed by atoms with E-state index < -0.39 is 0 Å². The first-order valence-electron chi connectivity index (χ1n) is 7.12. The van der Waals surface area contributed by atoms with Crippen LogP contribution in [0, 0.1) is 0 Å². The van der Waals surface area contributed by atoms with Gasteiger partial charge in [0.25, 0.3) is 0 Å². The minimum atomic E-state index is 0.536. The van der Waals surface area contributed by atoms with Crippen molar-refractivity contribution < 1.29 is 0 Å². The number of nitrogens with zero attached hydrogens (tertiary/aromatic N) is 1. The molecule has 0 saturated carbocycles. The van der Waals surface area contributed by atoms with E-state index in [2.05, 4.69) is 58.3 Å². The molecule has 3 heterocycles. The van der Waals surface area contributed by atoms with Crippen molar-refractivity contribution in [3.8, 4) is 0 Å². The van der Waals surface area contributed by atoms with Gasteiger partial charge in [0, 0.05) is 40.5 Å². The number of aromatic nitrogens is 2. The van der Waals surface area contributed by atoms with Gasteiger partial charge in [0.15, 0.2) is 0 Å². The minimum absolute atomic E-state index is 0.536. The van der Waals surface area contributed by atoms with Crippen LogP contribution >= 0.6 is 23.5 Å². The van der Waals surface area contributed by atoms with Crippen LogP contribution < -0.4 is 0 Å². The second-order valence-corrected chi connectivity index (χ2v) is 8.12. The number of pyridine rings is 1. The molecule has 2 atom stereocenters. The van der Waals surface area contributed by atoms with E-state index in [0.29, 0.717) is 9.83 Å². The number of para-hydroxylation sites is 1. The highest BCUT2D eigenvalue weighted by molar-refractivity contribution is 8.19. The standard InChI is InChI=1S/C17H16N2S2/c1-2-6-16-15(5-1)13(10-19-16)8-14-11-20-17(21-14)12-4-3-7-18-9-12/h1-7,9-10,14,17,19H,8,11H2. The van der Waals surface area contributed by atoms with Gasteiger partial charge < -0.3 is 4.98 Å². The molecule has 1 aliphatic rings. The van der Waals surface area contributed by atoms with Gasteiger partial charge in [0.05, 0.1) is 4.58 Å². The molecule has 0 spiro atoms. The highest BCUT2D eigenvalue weighted by Crippen LogP contribution is 2.50.